The Morgan fingerprint density at radius 2 is 1.58 bits per heavy atom. The van der Waals surface area contributed by atoms with E-state index < -0.39 is 0 Å². The molecular formula is C26H27N3O3S. The van der Waals surface area contributed by atoms with Gasteiger partial charge in [-0.1, -0.05) is 55.8 Å². The van der Waals surface area contributed by atoms with Crippen molar-refractivity contribution < 1.29 is 14.3 Å². The monoisotopic (exact) mass is 461 g/mol. The van der Waals surface area contributed by atoms with Crippen LogP contribution in [0.5, 0.6) is 5.75 Å². The Morgan fingerprint density at radius 1 is 0.879 bits per heavy atom. The molecule has 0 aliphatic heterocycles. The first-order valence-electron chi connectivity index (χ1n) is 10.8. The summed E-state index contributed by atoms with van der Waals surface area (Å²) < 4.78 is 5.62. The van der Waals surface area contributed by atoms with Crippen LogP contribution in [0.15, 0.2) is 78.9 Å². The van der Waals surface area contributed by atoms with Crippen molar-refractivity contribution in [3.8, 4) is 5.75 Å². The third-order valence-electron chi connectivity index (χ3n) is 4.83. The second kappa shape index (κ2) is 12.4. The van der Waals surface area contributed by atoms with Crippen LogP contribution in [0.4, 0.5) is 5.69 Å². The zero-order valence-corrected chi connectivity index (χ0v) is 19.3. The van der Waals surface area contributed by atoms with Gasteiger partial charge in [-0.15, -0.1) is 0 Å². The molecule has 0 aliphatic carbocycles. The van der Waals surface area contributed by atoms with Crippen molar-refractivity contribution in [2.75, 3.05) is 11.9 Å². The average Bonchev–Trinajstić information content (AvgIpc) is 2.84. The first kappa shape index (κ1) is 23.9. The fourth-order valence-electron chi connectivity index (χ4n) is 3.03. The van der Waals surface area contributed by atoms with E-state index in [0.29, 0.717) is 30.0 Å². The van der Waals surface area contributed by atoms with Crippen LogP contribution in [0, 0.1) is 0 Å². The molecule has 3 N–H and O–H groups in total. The third kappa shape index (κ3) is 7.43. The first-order valence-corrected chi connectivity index (χ1v) is 11.2. The summed E-state index contributed by atoms with van der Waals surface area (Å²) in [4.78, 5) is 25.2. The Bertz CT molecular complexity index is 1090. The summed E-state index contributed by atoms with van der Waals surface area (Å²) in [6.45, 7) is 3.16. The van der Waals surface area contributed by atoms with Crippen LogP contribution in [0.3, 0.4) is 0 Å². The molecule has 0 fully saturated rings. The summed E-state index contributed by atoms with van der Waals surface area (Å²) in [5.41, 5.74) is 2.39. The highest BCUT2D eigenvalue weighted by atomic mass is 32.1. The Kier molecular flexibility index (Phi) is 8.97. The van der Waals surface area contributed by atoms with Gasteiger partial charge in [-0.05, 0) is 60.6 Å². The number of carbonyl (C=O) groups excluding carboxylic acids is 2. The molecule has 0 aliphatic rings. The van der Waals surface area contributed by atoms with Gasteiger partial charge in [0.1, 0.15) is 5.75 Å². The highest BCUT2D eigenvalue weighted by Gasteiger charge is 2.13. The first-order chi connectivity index (χ1) is 16.1. The number of ether oxygens (including phenoxy) is 1. The quantitative estimate of drug-likeness (QED) is 0.311. The average molecular weight is 462 g/mol. The highest BCUT2D eigenvalue weighted by molar-refractivity contribution is 7.80. The number of carbonyl (C=O) groups is 2. The molecule has 0 unspecified atom stereocenters. The molecule has 7 heteroatoms. The van der Waals surface area contributed by atoms with Crippen LogP contribution in [-0.2, 0) is 6.54 Å². The van der Waals surface area contributed by atoms with Crippen molar-refractivity contribution in [2.45, 2.75) is 26.3 Å². The second-order valence-corrected chi connectivity index (χ2v) is 7.76. The van der Waals surface area contributed by atoms with E-state index in [0.717, 1.165) is 24.2 Å². The number of thiocarbonyl (C=S) groups is 1. The number of amides is 2. The summed E-state index contributed by atoms with van der Waals surface area (Å²) >= 11 is 5.30. The maximum atomic E-state index is 12.7. The normalized spacial score (nSPS) is 10.2. The fraction of sp³-hybridized carbons (Fsp3) is 0.192. The molecule has 6 nitrogen and oxygen atoms in total. The smallest absolute Gasteiger partial charge is 0.257 e. The van der Waals surface area contributed by atoms with E-state index in [4.69, 9.17) is 17.0 Å². The maximum Gasteiger partial charge on any atom is 0.257 e. The van der Waals surface area contributed by atoms with E-state index in [-0.39, 0.29) is 16.9 Å². The number of nitrogens with one attached hydrogen (secondary N) is 3. The van der Waals surface area contributed by atoms with Gasteiger partial charge in [0.25, 0.3) is 11.8 Å². The molecule has 2 amide bonds. The predicted octanol–water partition coefficient (Wildman–Crippen LogP) is 4.92. The van der Waals surface area contributed by atoms with Crippen molar-refractivity contribution >= 4 is 34.8 Å². The minimum atomic E-state index is -0.349. The summed E-state index contributed by atoms with van der Waals surface area (Å²) in [7, 11) is 0. The Labute approximate surface area is 199 Å². The van der Waals surface area contributed by atoms with Crippen LogP contribution >= 0.6 is 12.2 Å². The topological polar surface area (TPSA) is 79.5 Å². The molecule has 0 bridgehead atoms. The summed E-state index contributed by atoms with van der Waals surface area (Å²) in [5, 5.41) is 8.60. The van der Waals surface area contributed by atoms with Gasteiger partial charge in [0, 0.05) is 12.1 Å². The van der Waals surface area contributed by atoms with Crippen LogP contribution < -0.4 is 20.7 Å². The zero-order chi connectivity index (χ0) is 23.5. The van der Waals surface area contributed by atoms with Crippen molar-refractivity contribution in [1.82, 2.24) is 10.6 Å². The third-order valence-corrected chi connectivity index (χ3v) is 5.03. The fourth-order valence-corrected chi connectivity index (χ4v) is 3.23. The lowest BCUT2D eigenvalue weighted by atomic mass is 10.1. The van der Waals surface area contributed by atoms with Crippen molar-refractivity contribution in [3.05, 3.63) is 95.6 Å². The molecule has 3 aromatic rings. The number of benzene rings is 3. The van der Waals surface area contributed by atoms with Gasteiger partial charge in [0.05, 0.1) is 17.9 Å². The molecule has 0 radical (unpaired) electrons. The van der Waals surface area contributed by atoms with Gasteiger partial charge in [-0.2, -0.15) is 0 Å². The molecule has 0 aromatic heterocycles. The molecule has 3 rings (SSSR count). The number of hydrogen-bond acceptors (Lipinski definition) is 4. The number of hydrogen-bond donors (Lipinski definition) is 3. The lowest BCUT2D eigenvalue weighted by Crippen LogP contribution is -2.35. The van der Waals surface area contributed by atoms with Gasteiger partial charge < -0.3 is 15.4 Å². The van der Waals surface area contributed by atoms with Crippen LogP contribution in [0.25, 0.3) is 0 Å². The summed E-state index contributed by atoms with van der Waals surface area (Å²) in [6, 6.07) is 23.5. The predicted molar refractivity (Wildman–Crippen MR) is 135 cm³/mol. The Hall–Kier alpha value is -3.71. The minimum absolute atomic E-state index is 0.103. The molecule has 0 saturated heterocycles. The Balaban J connectivity index is 1.56. The number of unbranched alkanes of at least 4 members (excludes halogenated alkanes) is 1. The number of rotatable bonds is 9. The number of anilines is 1. The molecule has 0 saturated carbocycles. The van der Waals surface area contributed by atoms with Crippen LogP contribution in [-0.4, -0.2) is 23.5 Å². The van der Waals surface area contributed by atoms with E-state index in [1.54, 1.807) is 48.5 Å². The second-order valence-electron chi connectivity index (χ2n) is 7.35. The lowest BCUT2D eigenvalue weighted by molar-refractivity contribution is 0.0950. The SMILES string of the molecule is CCCCOc1ccc(C(=O)NC(=S)Nc2ccccc2C(=O)NCc2ccccc2)cc1. The van der Waals surface area contributed by atoms with Gasteiger partial charge in [0.15, 0.2) is 5.11 Å². The van der Waals surface area contributed by atoms with Crippen LogP contribution in [0.2, 0.25) is 0 Å². The van der Waals surface area contributed by atoms with E-state index in [1.807, 2.05) is 30.3 Å². The van der Waals surface area contributed by atoms with Crippen molar-refractivity contribution in [1.29, 1.82) is 0 Å². The highest BCUT2D eigenvalue weighted by Crippen LogP contribution is 2.16. The van der Waals surface area contributed by atoms with Crippen molar-refractivity contribution in [3.63, 3.8) is 0 Å². The molecule has 0 heterocycles. The molecule has 170 valence electrons. The van der Waals surface area contributed by atoms with E-state index >= 15 is 0 Å². The Morgan fingerprint density at radius 3 is 2.30 bits per heavy atom. The van der Waals surface area contributed by atoms with Gasteiger partial charge in [0.2, 0.25) is 0 Å². The lowest BCUT2D eigenvalue weighted by Gasteiger charge is -2.14. The van der Waals surface area contributed by atoms with Gasteiger partial charge >= 0.3 is 0 Å². The molecule has 3 aromatic carbocycles. The van der Waals surface area contributed by atoms with E-state index in [2.05, 4.69) is 22.9 Å². The minimum Gasteiger partial charge on any atom is -0.494 e. The zero-order valence-electron chi connectivity index (χ0n) is 18.5. The van der Waals surface area contributed by atoms with Gasteiger partial charge in [-0.3, -0.25) is 14.9 Å². The van der Waals surface area contributed by atoms with Crippen LogP contribution in [0.1, 0.15) is 46.0 Å². The summed E-state index contributed by atoms with van der Waals surface area (Å²) in [5.74, 6) is 0.129. The molecule has 0 atom stereocenters. The number of para-hydroxylation sites is 1. The maximum absolute atomic E-state index is 12.7. The molecule has 0 spiro atoms. The summed E-state index contributed by atoms with van der Waals surface area (Å²) in [6.07, 6.45) is 2.04. The van der Waals surface area contributed by atoms with E-state index in [9.17, 15) is 9.59 Å². The molecular weight excluding hydrogens is 434 g/mol. The molecule has 33 heavy (non-hydrogen) atoms. The van der Waals surface area contributed by atoms with Gasteiger partial charge in [-0.25, -0.2) is 0 Å². The van der Waals surface area contributed by atoms with Crippen molar-refractivity contribution in [2.24, 2.45) is 0 Å². The van der Waals surface area contributed by atoms with E-state index in [1.165, 1.54) is 0 Å². The largest absolute Gasteiger partial charge is 0.494 e. The standard InChI is InChI=1S/C26H27N3O3S/c1-2-3-17-32-21-15-13-20(14-16-21)24(30)29-26(33)28-23-12-8-7-11-22(23)25(31)27-18-19-9-5-4-6-10-19/h4-16H,2-3,17-18H2,1H3,(H,27,31)(H2,28,29,30,33).